The third-order valence-corrected chi connectivity index (χ3v) is 0.496. The molecule has 2 heteroatoms. The Hall–Kier alpha value is -0.340. The lowest BCUT2D eigenvalue weighted by Gasteiger charge is -1.93. The van der Waals surface area contributed by atoms with Crippen molar-refractivity contribution in [3.05, 3.63) is 12.7 Å². The molecule has 0 aromatic heterocycles. The minimum Gasteiger partial charge on any atom is -0.305 e. The first-order valence-corrected chi connectivity index (χ1v) is 3.16. The largest absolute Gasteiger partial charge is 0.305 e. The summed E-state index contributed by atoms with van der Waals surface area (Å²) in [5.41, 5.74) is 2.70. The van der Waals surface area contributed by atoms with Crippen molar-refractivity contribution in [2.24, 2.45) is 0 Å². The van der Waals surface area contributed by atoms with Crippen LogP contribution in [0.1, 0.15) is 20.3 Å². The minimum atomic E-state index is 0.941. The van der Waals surface area contributed by atoms with Gasteiger partial charge in [0.2, 0.25) is 0 Å². The molecule has 0 radical (unpaired) electrons. The molecule has 2 nitrogen and oxygen atoms in total. The van der Waals surface area contributed by atoms with Crippen LogP contribution in [0.15, 0.2) is 12.7 Å². The molecule has 0 saturated heterocycles. The number of rotatable bonds is 3. The van der Waals surface area contributed by atoms with E-state index in [2.05, 4.69) is 23.8 Å². The van der Waals surface area contributed by atoms with E-state index < -0.39 is 0 Å². The smallest absolute Gasteiger partial charge is 0.0572 e. The van der Waals surface area contributed by atoms with Gasteiger partial charge in [-0.15, -0.1) is 6.58 Å². The van der Waals surface area contributed by atoms with Crippen LogP contribution in [-0.4, -0.2) is 13.7 Å². The van der Waals surface area contributed by atoms with Gasteiger partial charge in [0, 0.05) is 6.54 Å². The average molecular weight is 131 g/mol. The number of nitrogens with one attached hydrogen (secondary N) is 1. The number of hydrogen-bond donors (Lipinski definition) is 1. The van der Waals surface area contributed by atoms with E-state index in [9.17, 15) is 0 Å². The first-order chi connectivity index (χ1) is 4.33. The average Bonchev–Trinajstić information content (AvgIpc) is 1.86. The summed E-state index contributed by atoms with van der Waals surface area (Å²) in [6.45, 7) is 8.28. The molecule has 0 fully saturated rings. The third-order valence-electron chi connectivity index (χ3n) is 0.496. The summed E-state index contributed by atoms with van der Waals surface area (Å²) in [6, 6.07) is 0. The topological polar surface area (TPSA) is 21.3 Å². The Morgan fingerprint density at radius 2 is 2.11 bits per heavy atom. The van der Waals surface area contributed by atoms with Crippen molar-refractivity contribution in [2.45, 2.75) is 20.3 Å². The van der Waals surface area contributed by atoms with Gasteiger partial charge in [0.15, 0.2) is 0 Å². The molecule has 0 amide bonds. The highest BCUT2D eigenvalue weighted by Crippen LogP contribution is 1.65. The van der Waals surface area contributed by atoms with Crippen molar-refractivity contribution in [1.82, 2.24) is 5.48 Å². The molecule has 0 heterocycles. The number of hydroxylamine groups is 1. The Morgan fingerprint density at radius 1 is 1.67 bits per heavy atom. The molecule has 0 bridgehead atoms. The van der Waals surface area contributed by atoms with Gasteiger partial charge in [0.25, 0.3) is 0 Å². The van der Waals surface area contributed by atoms with Crippen molar-refractivity contribution < 1.29 is 4.84 Å². The van der Waals surface area contributed by atoms with E-state index in [4.69, 9.17) is 0 Å². The van der Waals surface area contributed by atoms with Crippen LogP contribution in [0.5, 0.6) is 0 Å². The zero-order valence-corrected chi connectivity index (χ0v) is 6.61. The van der Waals surface area contributed by atoms with Crippen LogP contribution in [0.3, 0.4) is 0 Å². The van der Waals surface area contributed by atoms with Gasteiger partial charge in [0.1, 0.15) is 0 Å². The maximum atomic E-state index is 4.53. The molecule has 1 N–H and O–H groups in total. The summed E-state index contributed by atoms with van der Waals surface area (Å²) in [4.78, 5) is 4.53. The minimum absolute atomic E-state index is 0.941. The SMILES string of the molecule is C=CC.CCCNOC. The summed E-state index contributed by atoms with van der Waals surface area (Å²) in [5.74, 6) is 0. The Balaban J connectivity index is 0. The molecule has 0 aliphatic rings. The lowest BCUT2D eigenvalue weighted by molar-refractivity contribution is 0.0920. The zero-order chi connectivity index (χ0) is 7.54. The fourth-order valence-corrected chi connectivity index (χ4v) is 0.204. The van der Waals surface area contributed by atoms with Crippen LogP contribution in [-0.2, 0) is 4.84 Å². The first-order valence-electron chi connectivity index (χ1n) is 3.16. The van der Waals surface area contributed by atoms with Crippen molar-refractivity contribution in [1.29, 1.82) is 0 Å². The molecular weight excluding hydrogens is 114 g/mol. The van der Waals surface area contributed by atoms with Crippen LogP contribution in [0.2, 0.25) is 0 Å². The van der Waals surface area contributed by atoms with E-state index >= 15 is 0 Å². The van der Waals surface area contributed by atoms with Crippen LogP contribution in [0, 0.1) is 0 Å². The summed E-state index contributed by atoms with van der Waals surface area (Å²) in [7, 11) is 1.62. The van der Waals surface area contributed by atoms with Crippen molar-refractivity contribution >= 4 is 0 Å². The van der Waals surface area contributed by atoms with Crippen LogP contribution >= 0.6 is 0 Å². The Bertz CT molecular complexity index is 42.2. The third kappa shape index (κ3) is 34.7. The van der Waals surface area contributed by atoms with Crippen molar-refractivity contribution in [2.75, 3.05) is 13.7 Å². The molecule has 0 rings (SSSR count). The molecule has 0 atom stereocenters. The van der Waals surface area contributed by atoms with Gasteiger partial charge >= 0.3 is 0 Å². The molecule has 0 unspecified atom stereocenters. The maximum Gasteiger partial charge on any atom is 0.0572 e. The fraction of sp³-hybridized carbons (Fsp3) is 0.714. The zero-order valence-electron chi connectivity index (χ0n) is 6.61. The van der Waals surface area contributed by atoms with E-state index in [-0.39, 0.29) is 0 Å². The van der Waals surface area contributed by atoms with Crippen LogP contribution in [0.25, 0.3) is 0 Å². The monoisotopic (exact) mass is 131 g/mol. The van der Waals surface area contributed by atoms with Gasteiger partial charge < -0.3 is 4.84 Å². The molecule has 9 heavy (non-hydrogen) atoms. The second-order valence-corrected chi connectivity index (χ2v) is 1.51. The van der Waals surface area contributed by atoms with Gasteiger partial charge in [-0.2, -0.15) is 0 Å². The second-order valence-electron chi connectivity index (χ2n) is 1.51. The van der Waals surface area contributed by atoms with E-state index in [0.717, 1.165) is 13.0 Å². The van der Waals surface area contributed by atoms with E-state index in [1.807, 2.05) is 6.92 Å². The quantitative estimate of drug-likeness (QED) is 0.358. The van der Waals surface area contributed by atoms with Gasteiger partial charge in [-0.05, 0) is 13.3 Å². The number of hydrogen-bond acceptors (Lipinski definition) is 2. The van der Waals surface area contributed by atoms with Gasteiger partial charge in [-0.3, -0.25) is 0 Å². The summed E-state index contributed by atoms with van der Waals surface area (Å²) < 4.78 is 0. The Labute approximate surface area is 57.9 Å². The Morgan fingerprint density at radius 3 is 2.22 bits per heavy atom. The maximum absolute atomic E-state index is 4.53. The van der Waals surface area contributed by atoms with E-state index in [1.165, 1.54) is 0 Å². The lowest BCUT2D eigenvalue weighted by atomic mass is 10.5. The normalized spacial score (nSPS) is 7.44. The molecule has 0 spiro atoms. The van der Waals surface area contributed by atoms with Crippen molar-refractivity contribution in [3.8, 4) is 0 Å². The second kappa shape index (κ2) is 15.6. The highest BCUT2D eigenvalue weighted by atomic mass is 16.6. The first kappa shape index (κ1) is 11.5. The highest BCUT2D eigenvalue weighted by molar-refractivity contribution is 4.51. The predicted octanol–water partition coefficient (Wildman–Crippen LogP) is 1.74. The van der Waals surface area contributed by atoms with Crippen LogP contribution in [0.4, 0.5) is 0 Å². The summed E-state index contributed by atoms with van der Waals surface area (Å²) in [6.07, 6.45) is 2.87. The highest BCUT2D eigenvalue weighted by Gasteiger charge is 1.71. The van der Waals surface area contributed by atoms with Crippen LogP contribution < -0.4 is 5.48 Å². The molecule has 0 aromatic carbocycles. The van der Waals surface area contributed by atoms with E-state index in [1.54, 1.807) is 13.2 Å². The summed E-state index contributed by atoms with van der Waals surface area (Å²) in [5, 5.41) is 0. The van der Waals surface area contributed by atoms with Crippen molar-refractivity contribution in [3.63, 3.8) is 0 Å². The molecule has 0 aromatic rings. The van der Waals surface area contributed by atoms with Gasteiger partial charge in [-0.25, -0.2) is 5.48 Å². The standard InChI is InChI=1S/C4H11NO.C3H6/c1-3-4-5-6-2;1-3-2/h5H,3-4H2,1-2H3;3H,1H2,2H3. The predicted molar refractivity (Wildman–Crippen MR) is 41.2 cm³/mol. The number of allylic oxidation sites excluding steroid dienone is 1. The molecule has 56 valence electrons. The van der Waals surface area contributed by atoms with Gasteiger partial charge in [-0.1, -0.05) is 13.0 Å². The molecule has 0 saturated carbocycles. The van der Waals surface area contributed by atoms with Gasteiger partial charge in [0.05, 0.1) is 7.11 Å². The molecular formula is C7H17NO. The Kier molecular flexibility index (Phi) is 19.9. The summed E-state index contributed by atoms with van der Waals surface area (Å²) >= 11 is 0. The molecule has 0 aliphatic heterocycles. The molecule has 0 aliphatic carbocycles. The fourth-order valence-electron chi connectivity index (χ4n) is 0.204. The lowest BCUT2D eigenvalue weighted by Crippen LogP contribution is -2.11. The van der Waals surface area contributed by atoms with E-state index in [0.29, 0.717) is 0 Å².